The van der Waals surface area contributed by atoms with Gasteiger partial charge in [0.1, 0.15) is 11.6 Å². The number of hydrogen-bond acceptors (Lipinski definition) is 3. The van der Waals surface area contributed by atoms with Gasteiger partial charge in [-0.1, -0.05) is 38.1 Å². The summed E-state index contributed by atoms with van der Waals surface area (Å²) in [6, 6.07) is 5.02. The number of aromatic nitrogens is 2. The van der Waals surface area contributed by atoms with E-state index < -0.39 is 17.6 Å². The fraction of sp³-hybridized carbons (Fsp3) is 0.375. The van der Waals surface area contributed by atoms with Crippen molar-refractivity contribution in [3.05, 3.63) is 57.5 Å². The number of halogens is 2. The van der Waals surface area contributed by atoms with Crippen LogP contribution in [0.4, 0.5) is 8.78 Å². The summed E-state index contributed by atoms with van der Waals surface area (Å²) in [6.07, 6.45) is 2.06. The van der Waals surface area contributed by atoms with Gasteiger partial charge in [-0.2, -0.15) is 0 Å². The predicted molar refractivity (Wildman–Crippen MR) is 84.4 cm³/mol. The van der Waals surface area contributed by atoms with Crippen LogP contribution in [0.2, 0.25) is 0 Å². The minimum atomic E-state index is -0.631. The Labute approximate surface area is 132 Å². The molecule has 1 N–H and O–H groups in total. The third-order valence-electron chi connectivity index (χ3n) is 3.35. The predicted octanol–water partition coefficient (Wildman–Crippen LogP) is 4.09. The Bertz CT molecular complexity index is 683. The van der Waals surface area contributed by atoms with Gasteiger partial charge in [-0.15, -0.1) is 0 Å². The number of benzene rings is 1. The Hall–Kier alpha value is -1.69. The Balaban J connectivity index is 2.33. The van der Waals surface area contributed by atoms with E-state index in [1.165, 1.54) is 36.0 Å². The number of hydrogen-bond donors (Lipinski definition) is 1. The van der Waals surface area contributed by atoms with Crippen LogP contribution in [-0.2, 0) is 0 Å². The first kappa shape index (κ1) is 16.7. The fourth-order valence-electron chi connectivity index (χ4n) is 2.13. The van der Waals surface area contributed by atoms with Gasteiger partial charge in [-0.05, 0) is 18.6 Å². The summed E-state index contributed by atoms with van der Waals surface area (Å²) in [5.41, 5.74) is -0.00977. The van der Waals surface area contributed by atoms with Crippen molar-refractivity contribution in [3.8, 4) is 0 Å². The molecule has 6 heteroatoms. The van der Waals surface area contributed by atoms with E-state index in [4.69, 9.17) is 0 Å². The zero-order valence-corrected chi connectivity index (χ0v) is 13.3. The molecule has 3 nitrogen and oxygen atoms in total. The smallest absolute Gasteiger partial charge is 0.251 e. The average molecular weight is 324 g/mol. The second-order valence-corrected chi connectivity index (χ2v) is 6.12. The second kappa shape index (κ2) is 7.54. The van der Waals surface area contributed by atoms with Gasteiger partial charge >= 0.3 is 0 Å². The van der Waals surface area contributed by atoms with Crippen LogP contribution in [0.15, 0.2) is 34.2 Å². The van der Waals surface area contributed by atoms with Gasteiger partial charge in [0.25, 0.3) is 5.56 Å². The van der Waals surface area contributed by atoms with E-state index in [2.05, 4.69) is 16.9 Å². The third-order valence-corrected chi connectivity index (χ3v) is 4.31. The molecule has 0 bridgehead atoms. The summed E-state index contributed by atoms with van der Waals surface area (Å²) in [6.45, 7) is 3.72. The minimum absolute atomic E-state index is 0.0647. The van der Waals surface area contributed by atoms with Gasteiger partial charge in [0.15, 0.2) is 5.16 Å². The molecule has 0 aliphatic rings. The lowest BCUT2D eigenvalue weighted by Gasteiger charge is -2.14. The van der Waals surface area contributed by atoms with Crippen molar-refractivity contribution >= 4 is 11.8 Å². The van der Waals surface area contributed by atoms with Crippen LogP contribution >= 0.6 is 11.8 Å². The number of unbranched alkanes of at least 4 members (excludes halogenated alkanes) is 1. The van der Waals surface area contributed by atoms with Crippen molar-refractivity contribution in [3.63, 3.8) is 0 Å². The highest BCUT2D eigenvalue weighted by molar-refractivity contribution is 7.99. The number of thioether (sulfide) groups is 1. The highest BCUT2D eigenvalue weighted by atomic mass is 32.2. The summed E-state index contributed by atoms with van der Waals surface area (Å²) in [7, 11) is 0. The number of aromatic amines is 1. The van der Waals surface area contributed by atoms with E-state index >= 15 is 0 Å². The highest BCUT2D eigenvalue weighted by Gasteiger charge is 2.19. The fourth-order valence-corrected chi connectivity index (χ4v) is 3.10. The van der Waals surface area contributed by atoms with Crippen molar-refractivity contribution in [1.82, 2.24) is 9.97 Å². The first-order valence-corrected chi connectivity index (χ1v) is 8.19. The Morgan fingerprint density at radius 2 is 2.00 bits per heavy atom. The average Bonchev–Trinajstić information content (AvgIpc) is 2.46. The van der Waals surface area contributed by atoms with E-state index in [9.17, 15) is 13.6 Å². The highest BCUT2D eigenvalue weighted by Crippen LogP contribution is 2.27. The van der Waals surface area contributed by atoms with E-state index in [1.54, 1.807) is 6.92 Å². The Morgan fingerprint density at radius 3 is 2.64 bits per heavy atom. The summed E-state index contributed by atoms with van der Waals surface area (Å²) >= 11 is 1.44. The largest absolute Gasteiger partial charge is 0.301 e. The van der Waals surface area contributed by atoms with Crippen molar-refractivity contribution in [2.75, 3.05) is 5.75 Å². The quantitative estimate of drug-likeness (QED) is 0.494. The lowest BCUT2D eigenvalue weighted by Crippen LogP contribution is -2.14. The number of nitrogens with one attached hydrogen (secondary N) is 1. The maximum Gasteiger partial charge on any atom is 0.251 e. The molecule has 0 aliphatic heterocycles. The lowest BCUT2D eigenvalue weighted by molar-refractivity contribution is 0.543. The molecule has 22 heavy (non-hydrogen) atoms. The van der Waals surface area contributed by atoms with Crippen molar-refractivity contribution in [2.24, 2.45) is 0 Å². The summed E-state index contributed by atoms with van der Waals surface area (Å²) in [5, 5.41) is 0.486. The van der Waals surface area contributed by atoms with Crippen LogP contribution in [0.1, 0.15) is 43.9 Å². The molecular weight excluding hydrogens is 306 g/mol. The molecule has 1 atom stereocenters. The molecular formula is C16H18F2N2OS. The SMILES string of the molecule is CCCCSc1nc([C@@H](C)c2c(F)cccc2F)cc(=O)[nH]1. The van der Waals surface area contributed by atoms with Gasteiger partial charge in [0, 0.05) is 23.3 Å². The van der Waals surface area contributed by atoms with Gasteiger partial charge < -0.3 is 4.98 Å². The molecule has 0 amide bonds. The molecule has 1 aromatic carbocycles. The maximum absolute atomic E-state index is 13.9. The minimum Gasteiger partial charge on any atom is -0.301 e. The standard InChI is InChI=1S/C16H18F2N2OS/c1-3-4-8-22-16-19-13(9-14(21)20-16)10(2)15-11(17)6-5-7-12(15)18/h5-7,9-10H,3-4,8H2,1-2H3,(H,19,20,21)/t10-/m1/s1. The summed E-state index contributed by atoms with van der Waals surface area (Å²) in [4.78, 5) is 18.7. The number of H-pyrrole nitrogens is 1. The van der Waals surface area contributed by atoms with Crippen molar-refractivity contribution in [2.45, 2.75) is 37.8 Å². The lowest BCUT2D eigenvalue weighted by atomic mass is 9.96. The topological polar surface area (TPSA) is 45.8 Å². The van der Waals surface area contributed by atoms with Crippen LogP contribution in [0.3, 0.4) is 0 Å². The zero-order valence-electron chi connectivity index (χ0n) is 12.5. The molecule has 118 valence electrons. The molecule has 0 aliphatic carbocycles. The van der Waals surface area contributed by atoms with Crippen LogP contribution in [0.25, 0.3) is 0 Å². The van der Waals surface area contributed by atoms with Gasteiger partial charge in [-0.3, -0.25) is 4.79 Å². The molecule has 0 radical (unpaired) electrons. The van der Waals surface area contributed by atoms with Crippen molar-refractivity contribution in [1.29, 1.82) is 0 Å². The zero-order chi connectivity index (χ0) is 16.1. The Morgan fingerprint density at radius 1 is 1.32 bits per heavy atom. The molecule has 1 aromatic heterocycles. The molecule has 0 unspecified atom stereocenters. The molecule has 2 rings (SSSR count). The van der Waals surface area contributed by atoms with Crippen LogP contribution in [0.5, 0.6) is 0 Å². The molecule has 1 heterocycles. The van der Waals surface area contributed by atoms with E-state index in [0.717, 1.165) is 18.6 Å². The monoisotopic (exact) mass is 324 g/mol. The first-order valence-electron chi connectivity index (χ1n) is 7.21. The van der Waals surface area contributed by atoms with E-state index in [0.29, 0.717) is 10.9 Å². The number of rotatable bonds is 6. The Kier molecular flexibility index (Phi) is 5.71. The van der Waals surface area contributed by atoms with Gasteiger partial charge in [-0.25, -0.2) is 13.8 Å². The van der Waals surface area contributed by atoms with Crippen LogP contribution in [-0.4, -0.2) is 15.7 Å². The van der Waals surface area contributed by atoms with Crippen LogP contribution in [0, 0.1) is 11.6 Å². The van der Waals surface area contributed by atoms with Crippen LogP contribution < -0.4 is 5.56 Å². The molecule has 0 fully saturated rings. The van der Waals surface area contributed by atoms with Gasteiger partial charge in [0.05, 0.1) is 5.69 Å². The second-order valence-electron chi connectivity index (χ2n) is 5.03. The molecule has 0 spiro atoms. The summed E-state index contributed by atoms with van der Waals surface area (Å²) in [5.74, 6) is -1.05. The first-order chi connectivity index (χ1) is 10.5. The number of nitrogens with zero attached hydrogens (tertiary/aromatic N) is 1. The van der Waals surface area contributed by atoms with Gasteiger partial charge in [0.2, 0.25) is 0 Å². The van der Waals surface area contributed by atoms with E-state index in [-0.39, 0.29) is 11.1 Å². The third kappa shape index (κ3) is 3.94. The normalized spacial score (nSPS) is 12.4. The van der Waals surface area contributed by atoms with Crippen molar-refractivity contribution < 1.29 is 8.78 Å². The summed E-state index contributed by atoms with van der Waals surface area (Å²) < 4.78 is 27.8. The van der Waals surface area contributed by atoms with E-state index in [1.807, 2.05) is 0 Å². The molecule has 2 aromatic rings. The molecule has 0 saturated carbocycles. The maximum atomic E-state index is 13.9. The molecule has 0 saturated heterocycles.